The smallest absolute Gasteiger partial charge is 0.255 e. The predicted octanol–water partition coefficient (Wildman–Crippen LogP) is 0.890. The molecule has 0 atom stereocenters. The molecule has 0 unspecified atom stereocenters. The number of hydrogen-bond donors (Lipinski definition) is 1. The van der Waals surface area contributed by atoms with Crippen LogP contribution in [0.3, 0.4) is 0 Å². The van der Waals surface area contributed by atoms with Gasteiger partial charge in [-0.1, -0.05) is 0 Å². The lowest BCUT2D eigenvalue weighted by Gasteiger charge is -2.06. The van der Waals surface area contributed by atoms with Crippen molar-refractivity contribution in [3.05, 3.63) is 30.7 Å². The van der Waals surface area contributed by atoms with Crippen LogP contribution in [0.5, 0.6) is 0 Å². The molecule has 0 spiro atoms. The molecule has 0 aliphatic carbocycles. The minimum absolute atomic E-state index is 0.460. The summed E-state index contributed by atoms with van der Waals surface area (Å²) in [6.07, 6.45) is 5.31. The fraction of sp³-hybridized carbons (Fsp3) is 0.250. The molecule has 0 saturated heterocycles. The molecule has 20 heavy (non-hydrogen) atoms. The molecular weight excluding hydrogens is 256 g/mol. The van der Waals surface area contributed by atoms with E-state index in [9.17, 15) is 0 Å². The fourth-order valence-electron chi connectivity index (χ4n) is 1.74. The molecule has 3 heterocycles. The molecule has 8 nitrogen and oxygen atoms in total. The Morgan fingerprint density at radius 2 is 2.10 bits per heavy atom. The van der Waals surface area contributed by atoms with Crippen molar-refractivity contribution in [2.75, 3.05) is 11.9 Å². The topological polar surface area (TPSA) is 86.3 Å². The lowest BCUT2D eigenvalue weighted by atomic mass is 10.4. The maximum absolute atomic E-state index is 4.40. The van der Waals surface area contributed by atoms with Crippen LogP contribution in [0, 0.1) is 0 Å². The van der Waals surface area contributed by atoms with Crippen LogP contribution >= 0.6 is 0 Å². The Labute approximate surface area is 115 Å². The van der Waals surface area contributed by atoms with Crippen molar-refractivity contribution in [2.24, 2.45) is 7.05 Å². The van der Waals surface area contributed by atoms with E-state index in [2.05, 4.69) is 30.5 Å². The van der Waals surface area contributed by atoms with Gasteiger partial charge >= 0.3 is 0 Å². The summed E-state index contributed by atoms with van der Waals surface area (Å²) in [6, 6.07) is 3.68. The third-order valence-electron chi connectivity index (χ3n) is 2.61. The first-order valence-corrected chi connectivity index (χ1v) is 6.26. The summed E-state index contributed by atoms with van der Waals surface area (Å²) < 4.78 is 3.30. The molecule has 0 amide bonds. The van der Waals surface area contributed by atoms with E-state index in [0.29, 0.717) is 23.4 Å². The standard InChI is InChI=1S/C12H14N8/c1-3-13-11-15-10(9-5-8-19(2)18-9)16-12(17-11)20-7-4-6-14-20/h4-8H,3H2,1-2H3,(H,13,15,16,17). The molecule has 0 aliphatic rings. The fourth-order valence-corrected chi connectivity index (χ4v) is 1.74. The number of aromatic nitrogens is 7. The van der Waals surface area contributed by atoms with Crippen molar-refractivity contribution < 1.29 is 0 Å². The van der Waals surface area contributed by atoms with Gasteiger partial charge in [0.1, 0.15) is 5.69 Å². The van der Waals surface area contributed by atoms with E-state index in [-0.39, 0.29) is 0 Å². The van der Waals surface area contributed by atoms with Crippen molar-refractivity contribution >= 4 is 5.95 Å². The molecule has 1 N–H and O–H groups in total. The van der Waals surface area contributed by atoms with Crippen molar-refractivity contribution in [1.29, 1.82) is 0 Å². The van der Waals surface area contributed by atoms with Gasteiger partial charge in [-0.3, -0.25) is 4.68 Å². The summed E-state index contributed by atoms with van der Waals surface area (Å²) in [5.74, 6) is 1.48. The molecule has 0 bridgehead atoms. The van der Waals surface area contributed by atoms with Crippen molar-refractivity contribution in [3.63, 3.8) is 0 Å². The van der Waals surface area contributed by atoms with Crippen LogP contribution < -0.4 is 5.32 Å². The number of anilines is 1. The first-order chi connectivity index (χ1) is 9.76. The zero-order valence-corrected chi connectivity index (χ0v) is 11.2. The lowest BCUT2D eigenvalue weighted by molar-refractivity contribution is 0.763. The van der Waals surface area contributed by atoms with Gasteiger partial charge in [-0.15, -0.1) is 0 Å². The van der Waals surface area contributed by atoms with Gasteiger partial charge in [-0.25, -0.2) is 4.68 Å². The zero-order chi connectivity index (χ0) is 13.9. The quantitative estimate of drug-likeness (QED) is 0.757. The average Bonchev–Trinajstić information content (AvgIpc) is 3.09. The number of rotatable bonds is 4. The van der Waals surface area contributed by atoms with Crippen LogP contribution in [0.15, 0.2) is 30.7 Å². The largest absolute Gasteiger partial charge is 0.354 e. The van der Waals surface area contributed by atoms with Crippen LogP contribution in [0.4, 0.5) is 5.95 Å². The summed E-state index contributed by atoms with van der Waals surface area (Å²) in [4.78, 5) is 13.1. The molecule has 3 aromatic heterocycles. The highest BCUT2D eigenvalue weighted by molar-refractivity contribution is 5.51. The van der Waals surface area contributed by atoms with Crippen LogP contribution in [-0.4, -0.2) is 41.1 Å². The summed E-state index contributed by atoms with van der Waals surface area (Å²) in [7, 11) is 1.85. The van der Waals surface area contributed by atoms with E-state index in [4.69, 9.17) is 0 Å². The Kier molecular flexibility index (Phi) is 3.12. The van der Waals surface area contributed by atoms with E-state index in [1.807, 2.05) is 32.3 Å². The van der Waals surface area contributed by atoms with Gasteiger partial charge in [0.25, 0.3) is 5.95 Å². The Morgan fingerprint density at radius 3 is 2.75 bits per heavy atom. The normalized spacial score (nSPS) is 10.7. The van der Waals surface area contributed by atoms with Crippen LogP contribution in [-0.2, 0) is 7.05 Å². The number of aryl methyl sites for hydroxylation is 1. The van der Waals surface area contributed by atoms with E-state index >= 15 is 0 Å². The SMILES string of the molecule is CCNc1nc(-c2ccn(C)n2)nc(-n2cccn2)n1. The van der Waals surface area contributed by atoms with Gasteiger partial charge in [-0.2, -0.15) is 25.1 Å². The molecule has 0 fully saturated rings. The van der Waals surface area contributed by atoms with Gasteiger partial charge in [0.2, 0.25) is 5.95 Å². The Balaban J connectivity index is 2.09. The summed E-state index contributed by atoms with van der Waals surface area (Å²) in [5.41, 5.74) is 0.697. The predicted molar refractivity (Wildman–Crippen MR) is 73.3 cm³/mol. The second-order valence-corrected chi connectivity index (χ2v) is 4.14. The highest BCUT2D eigenvalue weighted by atomic mass is 15.4. The van der Waals surface area contributed by atoms with Gasteiger partial charge in [0, 0.05) is 32.2 Å². The van der Waals surface area contributed by atoms with Gasteiger partial charge < -0.3 is 5.32 Å². The number of hydrogen-bond acceptors (Lipinski definition) is 6. The van der Waals surface area contributed by atoms with E-state index in [1.165, 1.54) is 0 Å². The Hall–Kier alpha value is -2.77. The first kappa shape index (κ1) is 12.3. The molecule has 102 valence electrons. The second kappa shape index (κ2) is 5.08. The van der Waals surface area contributed by atoms with Crippen LogP contribution in [0.2, 0.25) is 0 Å². The molecular formula is C12H14N8. The molecule has 8 heteroatoms. The summed E-state index contributed by atoms with van der Waals surface area (Å²) >= 11 is 0. The average molecular weight is 270 g/mol. The van der Waals surface area contributed by atoms with Crippen LogP contribution in [0.25, 0.3) is 17.5 Å². The maximum Gasteiger partial charge on any atom is 0.255 e. The van der Waals surface area contributed by atoms with E-state index in [1.54, 1.807) is 21.8 Å². The number of nitrogens with zero attached hydrogens (tertiary/aromatic N) is 7. The zero-order valence-electron chi connectivity index (χ0n) is 11.2. The van der Waals surface area contributed by atoms with Crippen molar-refractivity contribution in [2.45, 2.75) is 6.92 Å². The second-order valence-electron chi connectivity index (χ2n) is 4.14. The van der Waals surface area contributed by atoms with E-state index < -0.39 is 0 Å². The van der Waals surface area contributed by atoms with Crippen molar-refractivity contribution in [3.8, 4) is 17.5 Å². The number of nitrogens with one attached hydrogen (secondary N) is 1. The van der Waals surface area contributed by atoms with Gasteiger partial charge in [0.15, 0.2) is 5.82 Å². The lowest BCUT2D eigenvalue weighted by Crippen LogP contribution is -2.10. The summed E-state index contributed by atoms with van der Waals surface area (Å²) in [5, 5.41) is 11.5. The molecule has 0 aliphatic heterocycles. The maximum atomic E-state index is 4.40. The van der Waals surface area contributed by atoms with Gasteiger partial charge in [-0.05, 0) is 19.1 Å². The highest BCUT2D eigenvalue weighted by Crippen LogP contribution is 2.15. The van der Waals surface area contributed by atoms with E-state index in [0.717, 1.165) is 6.54 Å². The molecule has 0 radical (unpaired) electrons. The highest BCUT2D eigenvalue weighted by Gasteiger charge is 2.11. The molecule has 0 aromatic carbocycles. The van der Waals surface area contributed by atoms with Crippen molar-refractivity contribution in [1.82, 2.24) is 34.5 Å². The molecule has 3 aromatic rings. The third kappa shape index (κ3) is 2.35. The minimum Gasteiger partial charge on any atom is -0.354 e. The minimum atomic E-state index is 0.460. The Bertz CT molecular complexity index is 700. The Morgan fingerprint density at radius 1 is 1.20 bits per heavy atom. The molecule has 0 saturated carbocycles. The first-order valence-electron chi connectivity index (χ1n) is 6.26. The van der Waals surface area contributed by atoms with Gasteiger partial charge in [0.05, 0.1) is 0 Å². The summed E-state index contributed by atoms with van der Waals surface area (Å²) in [6.45, 7) is 2.71. The third-order valence-corrected chi connectivity index (χ3v) is 2.61. The van der Waals surface area contributed by atoms with Crippen LogP contribution in [0.1, 0.15) is 6.92 Å². The monoisotopic (exact) mass is 270 g/mol. The molecule has 3 rings (SSSR count).